The second-order valence-corrected chi connectivity index (χ2v) is 6.97. The van der Waals surface area contributed by atoms with Crippen LogP contribution < -0.4 is 5.32 Å². The number of carbonyl (C=O) groups is 2. The predicted molar refractivity (Wildman–Crippen MR) is 102 cm³/mol. The van der Waals surface area contributed by atoms with Crippen molar-refractivity contribution in [1.82, 2.24) is 0 Å². The maximum Gasteiger partial charge on any atom is 0.341 e. The van der Waals surface area contributed by atoms with Gasteiger partial charge >= 0.3 is 5.97 Å². The predicted octanol–water partition coefficient (Wildman–Crippen LogP) is 5.64. The molecular formula is C18H13Cl2NO3S. The Labute approximate surface area is 158 Å². The quantitative estimate of drug-likeness (QED) is 0.583. The van der Waals surface area contributed by atoms with Gasteiger partial charge in [-0.25, -0.2) is 4.79 Å². The van der Waals surface area contributed by atoms with Crippen LogP contribution in [0.4, 0.5) is 5.00 Å². The molecule has 0 saturated carbocycles. The number of anilines is 1. The zero-order valence-electron chi connectivity index (χ0n) is 13.1. The van der Waals surface area contributed by atoms with Crippen LogP contribution in [-0.2, 0) is 4.74 Å². The van der Waals surface area contributed by atoms with Crippen molar-refractivity contribution in [2.75, 3.05) is 11.9 Å². The fraction of sp³-hybridized carbons (Fsp3) is 0.111. The number of carbonyl (C=O) groups excluding carboxylic acids is 2. The van der Waals surface area contributed by atoms with E-state index in [4.69, 9.17) is 27.9 Å². The number of benzene rings is 2. The first-order valence-electron chi connectivity index (χ1n) is 7.46. The van der Waals surface area contributed by atoms with Crippen LogP contribution in [0, 0.1) is 0 Å². The van der Waals surface area contributed by atoms with Crippen molar-refractivity contribution in [2.24, 2.45) is 0 Å². The SMILES string of the molecule is CCOC(=O)c1c(NC(=O)c2ccc(Cl)c(Cl)c2)sc2ccccc12. The summed E-state index contributed by atoms with van der Waals surface area (Å²) in [4.78, 5) is 24.9. The van der Waals surface area contributed by atoms with Gasteiger partial charge in [-0.05, 0) is 31.2 Å². The highest BCUT2D eigenvalue weighted by molar-refractivity contribution is 7.23. The average Bonchev–Trinajstić information content (AvgIpc) is 2.95. The topological polar surface area (TPSA) is 55.4 Å². The number of hydrogen-bond donors (Lipinski definition) is 1. The highest BCUT2D eigenvalue weighted by Crippen LogP contribution is 2.36. The number of halogens is 2. The van der Waals surface area contributed by atoms with Crippen molar-refractivity contribution >= 4 is 61.5 Å². The second kappa shape index (κ2) is 7.44. The smallest absolute Gasteiger partial charge is 0.341 e. The average molecular weight is 394 g/mol. The van der Waals surface area contributed by atoms with Gasteiger partial charge in [-0.15, -0.1) is 11.3 Å². The molecule has 0 aliphatic rings. The van der Waals surface area contributed by atoms with Crippen LogP contribution in [0.25, 0.3) is 10.1 Å². The summed E-state index contributed by atoms with van der Waals surface area (Å²) in [6.07, 6.45) is 0. The largest absolute Gasteiger partial charge is 0.462 e. The maximum absolute atomic E-state index is 12.5. The molecule has 25 heavy (non-hydrogen) atoms. The number of fused-ring (bicyclic) bond motifs is 1. The van der Waals surface area contributed by atoms with Gasteiger partial charge in [0.1, 0.15) is 10.6 Å². The number of nitrogens with one attached hydrogen (secondary N) is 1. The molecule has 128 valence electrons. The van der Waals surface area contributed by atoms with E-state index in [9.17, 15) is 9.59 Å². The molecular weight excluding hydrogens is 381 g/mol. The molecule has 1 aromatic heterocycles. The van der Waals surface area contributed by atoms with Crippen molar-refractivity contribution in [1.29, 1.82) is 0 Å². The number of ether oxygens (including phenoxy) is 1. The molecule has 7 heteroatoms. The van der Waals surface area contributed by atoms with E-state index in [1.807, 2.05) is 24.3 Å². The highest BCUT2D eigenvalue weighted by atomic mass is 35.5. The Morgan fingerprint density at radius 3 is 2.60 bits per heavy atom. The zero-order valence-corrected chi connectivity index (χ0v) is 15.5. The van der Waals surface area contributed by atoms with E-state index in [1.165, 1.54) is 17.4 Å². The summed E-state index contributed by atoms with van der Waals surface area (Å²) in [6, 6.07) is 12.0. The summed E-state index contributed by atoms with van der Waals surface area (Å²) in [5, 5.41) is 4.62. The molecule has 0 radical (unpaired) electrons. The van der Waals surface area contributed by atoms with E-state index in [2.05, 4.69) is 5.32 Å². The van der Waals surface area contributed by atoms with Gasteiger partial charge in [0.25, 0.3) is 5.91 Å². The maximum atomic E-state index is 12.5. The van der Waals surface area contributed by atoms with Gasteiger partial charge in [0.2, 0.25) is 0 Å². The molecule has 0 bridgehead atoms. The Morgan fingerprint density at radius 1 is 1.12 bits per heavy atom. The first-order chi connectivity index (χ1) is 12.0. The highest BCUT2D eigenvalue weighted by Gasteiger charge is 2.22. The van der Waals surface area contributed by atoms with Crippen molar-refractivity contribution < 1.29 is 14.3 Å². The van der Waals surface area contributed by atoms with Crippen molar-refractivity contribution in [2.45, 2.75) is 6.92 Å². The summed E-state index contributed by atoms with van der Waals surface area (Å²) in [6.45, 7) is 1.99. The molecule has 0 aliphatic carbocycles. The Morgan fingerprint density at radius 2 is 1.88 bits per heavy atom. The van der Waals surface area contributed by atoms with Gasteiger partial charge in [0, 0.05) is 15.6 Å². The normalized spacial score (nSPS) is 10.7. The Kier molecular flexibility index (Phi) is 5.27. The Hall–Kier alpha value is -2.08. The van der Waals surface area contributed by atoms with E-state index in [0.717, 1.165) is 10.1 Å². The van der Waals surface area contributed by atoms with Crippen LogP contribution in [0.5, 0.6) is 0 Å². The lowest BCUT2D eigenvalue weighted by Crippen LogP contribution is -2.14. The molecule has 4 nitrogen and oxygen atoms in total. The van der Waals surface area contributed by atoms with Crippen LogP contribution in [0.15, 0.2) is 42.5 Å². The number of rotatable bonds is 4. The summed E-state index contributed by atoms with van der Waals surface area (Å²) < 4.78 is 6.02. The standard InChI is InChI=1S/C18H13Cl2NO3S/c1-2-24-18(23)15-11-5-3-4-6-14(11)25-17(15)21-16(22)10-7-8-12(19)13(20)9-10/h3-9H,2H2,1H3,(H,21,22). The number of amides is 1. The minimum atomic E-state index is -0.468. The molecule has 1 amide bonds. The van der Waals surface area contributed by atoms with Gasteiger partial charge in [-0.1, -0.05) is 41.4 Å². The third-order valence-corrected chi connectivity index (χ3v) is 5.31. The second-order valence-electron chi connectivity index (χ2n) is 5.11. The first kappa shape index (κ1) is 17.7. The Balaban J connectivity index is 2.00. The molecule has 0 unspecified atom stereocenters. The molecule has 3 aromatic rings. The summed E-state index contributed by atoms with van der Waals surface area (Å²) in [5.74, 6) is -0.847. The van der Waals surface area contributed by atoms with E-state index >= 15 is 0 Å². The van der Waals surface area contributed by atoms with Gasteiger partial charge in [0.15, 0.2) is 0 Å². The number of hydrogen-bond acceptors (Lipinski definition) is 4. The minimum Gasteiger partial charge on any atom is -0.462 e. The number of esters is 1. The van der Waals surface area contributed by atoms with E-state index in [-0.39, 0.29) is 17.5 Å². The van der Waals surface area contributed by atoms with Crippen LogP contribution in [0.2, 0.25) is 10.0 Å². The van der Waals surface area contributed by atoms with E-state index < -0.39 is 5.97 Å². The van der Waals surface area contributed by atoms with Crippen molar-refractivity contribution in [3.05, 3.63) is 63.6 Å². The first-order valence-corrected chi connectivity index (χ1v) is 9.03. The molecule has 0 fully saturated rings. The molecule has 0 spiro atoms. The van der Waals surface area contributed by atoms with Gasteiger partial charge in [0.05, 0.1) is 16.7 Å². The van der Waals surface area contributed by atoms with Gasteiger partial charge in [-0.3, -0.25) is 4.79 Å². The molecule has 0 saturated heterocycles. The lowest BCUT2D eigenvalue weighted by atomic mass is 10.1. The van der Waals surface area contributed by atoms with Crippen LogP contribution in [0.1, 0.15) is 27.6 Å². The monoisotopic (exact) mass is 393 g/mol. The van der Waals surface area contributed by atoms with E-state index in [1.54, 1.807) is 19.1 Å². The third kappa shape index (κ3) is 3.63. The van der Waals surface area contributed by atoms with E-state index in [0.29, 0.717) is 21.2 Å². The fourth-order valence-electron chi connectivity index (χ4n) is 2.35. The molecule has 3 rings (SSSR count). The zero-order chi connectivity index (χ0) is 18.0. The molecule has 0 aliphatic heterocycles. The molecule has 1 heterocycles. The summed E-state index contributed by atoms with van der Waals surface area (Å²) in [7, 11) is 0. The van der Waals surface area contributed by atoms with Crippen LogP contribution in [0.3, 0.4) is 0 Å². The summed E-state index contributed by atoms with van der Waals surface area (Å²) >= 11 is 13.2. The number of thiophene rings is 1. The third-order valence-electron chi connectivity index (χ3n) is 3.48. The van der Waals surface area contributed by atoms with Crippen LogP contribution >= 0.6 is 34.5 Å². The van der Waals surface area contributed by atoms with Crippen molar-refractivity contribution in [3.63, 3.8) is 0 Å². The van der Waals surface area contributed by atoms with Crippen LogP contribution in [-0.4, -0.2) is 18.5 Å². The fourth-order valence-corrected chi connectivity index (χ4v) is 3.74. The Bertz CT molecular complexity index is 968. The lowest BCUT2D eigenvalue weighted by Gasteiger charge is -2.07. The lowest BCUT2D eigenvalue weighted by molar-refractivity contribution is 0.0530. The minimum absolute atomic E-state index is 0.253. The molecule has 2 aromatic carbocycles. The molecule has 0 atom stereocenters. The van der Waals surface area contributed by atoms with Crippen molar-refractivity contribution in [3.8, 4) is 0 Å². The van der Waals surface area contributed by atoms with Gasteiger partial charge in [-0.2, -0.15) is 0 Å². The van der Waals surface area contributed by atoms with Gasteiger partial charge < -0.3 is 10.1 Å². The summed E-state index contributed by atoms with van der Waals surface area (Å²) in [5.41, 5.74) is 0.706. The molecule has 1 N–H and O–H groups in total.